The van der Waals surface area contributed by atoms with Gasteiger partial charge in [-0.25, -0.2) is 0 Å². The molecule has 2 atom stereocenters. The third-order valence-corrected chi connectivity index (χ3v) is 3.74. The van der Waals surface area contributed by atoms with Crippen LogP contribution in [0.1, 0.15) is 39.0 Å². The molecule has 2 unspecified atom stereocenters. The van der Waals surface area contributed by atoms with Gasteiger partial charge in [0.05, 0.1) is 6.10 Å². The number of ether oxygens (including phenoxy) is 1. The first kappa shape index (κ1) is 12.8. The minimum Gasteiger partial charge on any atom is -0.376 e. The summed E-state index contributed by atoms with van der Waals surface area (Å²) in [4.78, 5) is 14.2. The molecule has 1 N–H and O–H groups in total. The maximum Gasteiger partial charge on any atom is 0.224 e. The molecular formula is C13H24N2O2. The molecule has 0 aromatic heterocycles. The highest BCUT2D eigenvalue weighted by Crippen LogP contribution is 2.14. The maximum absolute atomic E-state index is 12.2. The number of nitrogens with zero attached hydrogens (tertiary/aromatic N) is 1. The first-order chi connectivity index (χ1) is 8.29. The number of amides is 1. The fraction of sp³-hybridized carbons (Fsp3) is 0.923. The van der Waals surface area contributed by atoms with Gasteiger partial charge in [-0.05, 0) is 32.2 Å². The molecule has 0 aliphatic carbocycles. The minimum atomic E-state index is 0.234. The van der Waals surface area contributed by atoms with Crippen molar-refractivity contribution in [2.75, 3.05) is 26.2 Å². The summed E-state index contributed by atoms with van der Waals surface area (Å²) in [6, 6.07) is 0.409. The van der Waals surface area contributed by atoms with E-state index in [0.29, 0.717) is 18.4 Å². The SMILES string of the molecule is CCC1CN(C(=O)CC2CCCN2)CCCO1. The molecule has 2 saturated heterocycles. The standard InChI is InChI=1S/C13H24N2O2/c1-2-12-10-15(7-4-8-17-12)13(16)9-11-5-3-6-14-11/h11-12,14H,2-10H2,1H3. The van der Waals surface area contributed by atoms with Crippen LogP contribution in [0.5, 0.6) is 0 Å². The van der Waals surface area contributed by atoms with Crippen molar-refractivity contribution in [1.82, 2.24) is 10.2 Å². The van der Waals surface area contributed by atoms with E-state index in [9.17, 15) is 4.79 Å². The molecule has 4 heteroatoms. The van der Waals surface area contributed by atoms with E-state index in [1.165, 1.54) is 6.42 Å². The van der Waals surface area contributed by atoms with Crippen molar-refractivity contribution in [2.45, 2.75) is 51.2 Å². The molecule has 2 aliphatic heterocycles. The van der Waals surface area contributed by atoms with Gasteiger partial charge in [0, 0.05) is 32.2 Å². The average molecular weight is 240 g/mol. The summed E-state index contributed by atoms with van der Waals surface area (Å²) in [6.07, 6.45) is 5.21. The van der Waals surface area contributed by atoms with Crippen LogP contribution in [0.25, 0.3) is 0 Å². The first-order valence-corrected chi connectivity index (χ1v) is 6.92. The molecule has 2 rings (SSSR count). The largest absolute Gasteiger partial charge is 0.376 e. The summed E-state index contributed by atoms with van der Waals surface area (Å²) in [6.45, 7) is 5.63. The Balaban J connectivity index is 1.83. The highest BCUT2D eigenvalue weighted by molar-refractivity contribution is 5.77. The topological polar surface area (TPSA) is 41.6 Å². The Bertz CT molecular complexity index is 252. The quantitative estimate of drug-likeness (QED) is 0.805. The Kier molecular flexibility index (Phi) is 4.80. The lowest BCUT2D eigenvalue weighted by Gasteiger charge is -2.24. The molecular weight excluding hydrogens is 216 g/mol. The average Bonchev–Trinajstić information content (AvgIpc) is 2.71. The van der Waals surface area contributed by atoms with E-state index >= 15 is 0 Å². The molecule has 4 nitrogen and oxygen atoms in total. The summed E-state index contributed by atoms with van der Waals surface area (Å²) in [7, 11) is 0. The van der Waals surface area contributed by atoms with Crippen LogP contribution in [0.3, 0.4) is 0 Å². The normalized spacial score (nSPS) is 30.3. The van der Waals surface area contributed by atoms with Crippen molar-refractivity contribution in [2.24, 2.45) is 0 Å². The molecule has 2 fully saturated rings. The zero-order valence-corrected chi connectivity index (χ0v) is 10.8. The number of nitrogens with one attached hydrogen (secondary N) is 1. The lowest BCUT2D eigenvalue weighted by molar-refractivity contribution is -0.132. The Morgan fingerprint density at radius 2 is 2.35 bits per heavy atom. The number of carbonyl (C=O) groups is 1. The lowest BCUT2D eigenvalue weighted by Crippen LogP contribution is -2.39. The van der Waals surface area contributed by atoms with E-state index in [-0.39, 0.29) is 6.10 Å². The highest BCUT2D eigenvalue weighted by atomic mass is 16.5. The van der Waals surface area contributed by atoms with Crippen LogP contribution in [0.15, 0.2) is 0 Å². The van der Waals surface area contributed by atoms with E-state index < -0.39 is 0 Å². The third-order valence-electron chi connectivity index (χ3n) is 3.74. The Morgan fingerprint density at radius 1 is 1.47 bits per heavy atom. The molecule has 2 aliphatic rings. The van der Waals surface area contributed by atoms with E-state index in [1.807, 2.05) is 4.90 Å². The zero-order chi connectivity index (χ0) is 12.1. The van der Waals surface area contributed by atoms with Crippen molar-refractivity contribution in [3.8, 4) is 0 Å². The molecule has 1 amide bonds. The fourth-order valence-corrected chi connectivity index (χ4v) is 2.64. The van der Waals surface area contributed by atoms with E-state index in [2.05, 4.69) is 12.2 Å². The van der Waals surface area contributed by atoms with Gasteiger partial charge in [-0.3, -0.25) is 4.79 Å². The number of hydrogen-bond acceptors (Lipinski definition) is 3. The Morgan fingerprint density at radius 3 is 3.06 bits per heavy atom. The molecule has 0 saturated carbocycles. The molecule has 2 heterocycles. The van der Waals surface area contributed by atoms with Crippen molar-refractivity contribution in [3.05, 3.63) is 0 Å². The van der Waals surface area contributed by atoms with Crippen molar-refractivity contribution in [3.63, 3.8) is 0 Å². The van der Waals surface area contributed by atoms with Crippen LogP contribution < -0.4 is 5.32 Å². The highest BCUT2D eigenvalue weighted by Gasteiger charge is 2.24. The summed E-state index contributed by atoms with van der Waals surface area (Å²) < 4.78 is 5.69. The second kappa shape index (κ2) is 6.36. The van der Waals surface area contributed by atoms with E-state index in [0.717, 1.165) is 45.5 Å². The van der Waals surface area contributed by atoms with Gasteiger partial charge in [0.2, 0.25) is 5.91 Å². The molecule has 98 valence electrons. The second-order valence-electron chi connectivity index (χ2n) is 5.09. The summed E-state index contributed by atoms with van der Waals surface area (Å²) >= 11 is 0. The summed E-state index contributed by atoms with van der Waals surface area (Å²) in [5.41, 5.74) is 0. The van der Waals surface area contributed by atoms with Gasteiger partial charge < -0.3 is 15.0 Å². The maximum atomic E-state index is 12.2. The zero-order valence-electron chi connectivity index (χ0n) is 10.8. The Hall–Kier alpha value is -0.610. The van der Waals surface area contributed by atoms with Gasteiger partial charge in [-0.1, -0.05) is 6.92 Å². The van der Waals surface area contributed by atoms with Gasteiger partial charge in [-0.2, -0.15) is 0 Å². The first-order valence-electron chi connectivity index (χ1n) is 6.92. The summed E-state index contributed by atoms with van der Waals surface area (Å²) in [5.74, 6) is 0.299. The predicted molar refractivity (Wildman–Crippen MR) is 66.9 cm³/mol. The van der Waals surface area contributed by atoms with Gasteiger partial charge in [0.25, 0.3) is 0 Å². The molecule has 0 radical (unpaired) electrons. The van der Waals surface area contributed by atoms with Crippen LogP contribution in [0, 0.1) is 0 Å². The lowest BCUT2D eigenvalue weighted by atomic mass is 10.1. The van der Waals surface area contributed by atoms with Gasteiger partial charge in [0.1, 0.15) is 0 Å². The number of rotatable bonds is 3. The van der Waals surface area contributed by atoms with E-state index in [1.54, 1.807) is 0 Å². The number of carbonyl (C=O) groups excluding carboxylic acids is 1. The third kappa shape index (κ3) is 3.68. The van der Waals surface area contributed by atoms with Crippen LogP contribution in [-0.2, 0) is 9.53 Å². The monoisotopic (exact) mass is 240 g/mol. The van der Waals surface area contributed by atoms with Crippen LogP contribution in [0.4, 0.5) is 0 Å². The van der Waals surface area contributed by atoms with Crippen LogP contribution >= 0.6 is 0 Å². The van der Waals surface area contributed by atoms with Gasteiger partial charge in [0.15, 0.2) is 0 Å². The number of hydrogen-bond donors (Lipinski definition) is 1. The summed E-state index contributed by atoms with van der Waals surface area (Å²) in [5, 5.41) is 3.39. The van der Waals surface area contributed by atoms with E-state index in [4.69, 9.17) is 4.74 Å². The smallest absolute Gasteiger partial charge is 0.224 e. The molecule has 0 aromatic rings. The molecule has 0 bridgehead atoms. The molecule has 0 aromatic carbocycles. The Labute approximate surface area is 104 Å². The minimum absolute atomic E-state index is 0.234. The van der Waals surface area contributed by atoms with Gasteiger partial charge in [-0.15, -0.1) is 0 Å². The van der Waals surface area contributed by atoms with Crippen molar-refractivity contribution >= 4 is 5.91 Å². The van der Waals surface area contributed by atoms with Gasteiger partial charge >= 0.3 is 0 Å². The van der Waals surface area contributed by atoms with Crippen molar-refractivity contribution < 1.29 is 9.53 Å². The van der Waals surface area contributed by atoms with Crippen LogP contribution in [0.2, 0.25) is 0 Å². The predicted octanol–water partition coefficient (Wildman–Crippen LogP) is 1.16. The molecule has 17 heavy (non-hydrogen) atoms. The molecule has 0 spiro atoms. The van der Waals surface area contributed by atoms with Crippen molar-refractivity contribution in [1.29, 1.82) is 0 Å². The fourth-order valence-electron chi connectivity index (χ4n) is 2.64. The second-order valence-corrected chi connectivity index (χ2v) is 5.09. The van der Waals surface area contributed by atoms with Crippen LogP contribution in [-0.4, -0.2) is 49.2 Å².